The summed E-state index contributed by atoms with van der Waals surface area (Å²) >= 11 is 0. The predicted molar refractivity (Wildman–Crippen MR) is 59.5 cm³/mol. The summed E-state index contributed by atoms with van der Waals surface area (Å²) in [5.74, 6) is 0.908. The normalized spacial score (nSPS) is 34.5. The maximum Gasteiger partial charge on any atom is 0.0229 e. The van der Waals surface area contributed by atoms with Crippen molar-refractivity contribution in [3.05, 3.63) is 0 Å². The standard InChI is InChI=1S/C11H23N3/c1-13-6-4-10(8-13)9-14(2)11-3-5-12-7-11/h10-12H,3-9H2,1-2H3. The fraction of sp³-hybridized carbons (Fsp3) is 1.00. The number of hydrogen-bond acceptors (Lipinski definition) is 3. The maximum absolute atomic E-state index is 3.43. The van der Waals surface area contributed by atoms with E-state index in [2.05, 4.69) is 29.2 Å². The number of nitrogens with one attached hydrogen (secondary N) is 1. The first-order chi connectivity index (χ1) is 6.75. The van der Waals surface area contributed by atoms with E-state index in [4.69, 9.17) is 0 Å². The molecule has 0 spiro atoms. The third-order valence-electron chi connectivity index (χ3n) is 3.69. The van der Waals surface area contributed by atoms with E-state index in [1.807, 2.05) is 0 Å². The molecule has 2 fully saturated rings. The molecule has 0 aromatic carbocycles. The average molecular weight is 197 g/mol. The molecule has 2 rings (SSSR count). The van der Waals surface area contributed by atoms with Gasteiger partial charge in [0, 0.05) is 25.7 Å². The Bertz CT molecular complexity index is 177. The summed E-state index contributed by atoms with van der Waals surface area (Å²) in [4.78, 5) is 5.01. The van der Waals surface area contributed by atoms with Crippen LogP contribution in [0.4, 0.5) is 0 Å². The lowest BCUT2D eigenvalue weighted by Gasteiger charge is -2.26. The number of hydrogen-bond donors (Lipinski definition) is 1. The van der Waals surface area contributed by atoms with Crippen LogP contribution in [0.5, 0.6) is 0 Å². The summed E-state index contributed by atoms with van der Waals surface area (Å²) in [6.07, 6.45) is 2.72. The smallest absolute Gasteiger partial charge is 0.0229 e. The van der Waals surface area contributed by atoms with Crippen LogP contribution in [-0.2, 0) is 0 Å². The minimum atomic E-state index is 0.793. The average Bonchev–Trinajstić information content (AvgIpc) is 2.75. The first kappa shape index (κ1) is 10.4. The van der Waals surface area contributed by atoms with Crippen molar-refractivity contribution >= 4 is 0 Å². The van der Waals surface area contributed by atoms with Crippen molar-refractivity contribution in [3.8, 4) is 0 Å². The lowest BCUT2D eigenvalue weighted by molar-refractivity contribution is 0.217. The molecule has 0 aromatic heterocycles. The Morgan fingerprint density at radius 3 is 2.86 bits per heavy atom. The van der Waals surface area contributed by atoms with Crippen LogP contribution in [0.3, 0.4) is 0 Å². The number of nitrogens with zero attached hydrogens (tertiary/aromatic N) is 2. The van der Waals surface area contributed by atoms with Gasteiger partial charge in [0.05, 0.1) is 0 Å². The monoisotopic (exact) mass is 197 g/mol. The molecule has 0 radical (unpaired) electrons. The van der Waals surface area contributed by atoms with E-state index in [9.17, 15) is 0 Å². The summed E-state index contributed by atoms with van der Waals surface area (Å²) in [6.45, 7) is 6.28. The van der Waals surface area contributed by atoms with Crippen molar-refractivity contribution < 1.29 is 0 Å². The molecule has 2 unspecified atom stereocenters. The molecule has 14 heavy (non-hydrogen) atoms. The largest absolute Gasteiger partial charge is 0.315 e. The third-order valence-corrected chi connectivity index (χ3v) is 3.69. The Morgan fingerprint density at radius 1 is 1.43 bits per heavy atom. The van der Waals surface area contributed by atoms with Gasteiger partial charge in [-0.3, -0.25) is 0 Å². The Labute approximate surface area is 87.4 Å². The van der Waals surface area contributed by atoms with Gasteiger partial charge in [0.1, 0.15) is 0 Å². The highest BCUT2D eigenvalue weighted by atomic mass is 15.2. The molecule has 3 heteroatoms. The van der Waals surface area contributed by atoms with E-state index < -0.39 is 0 Å². The summed E-state index contributed by atoms with van der Waals surface area (Å²) in [5.41, 5.74) is 0. The lowest BCUT2D eigenvalue weighted by atomic mass is 10.1. The highest BCUT2D eigenvalue weighted by Gasteiger charge is 2.25. The molecule has 1 N–H and O–H groups in total. The third kappa shape index (κ3) is 2.47. The Balaban J connectivity index is 1.73. The van der Waals surface area contributed by atoms with Crippen molar-refractivity contribution in [2.45, 2.75) is 18.9 Å². The van der Waals surface area contributed by atoms with Crippen LogP contribution >= 0.6 is 0 Å². The predicted octanol–water partition coefficient (Wildman–Crippen LogP) is 0.232. The second-order valence-electron chi connectivity index (χ2n) is 5.00. The Morgan fingerprint density at radius 2 is 2.29 bits per heavy atom. The van der Waals surface area contributed by atoms with Crippen LogP contribution in [0.2, 0.25) is 0 Å². The first-order valence-electron chi connectivity index (χ1n) is 5.85. The second kappa shape index (κ2) is 4.60. The summed E-state index contributed by atoms with van der Waals surface area (Å²) in [5, 5.41) is 3.43. The van der Waals surface area contributed by atoms with E-state index in [1.54, 1.807) is 0 Å². The minimum Gasteiger partial charge on any atom is -0.315 e. The van der Waals surface area contributed by atoms with E-state index in [1.165, 1.54) is 45.6 Å². The number of rotatable bonds is 3. The van der Waals surface area contributed by atoms with Gasteiger partial charge in [-0.05, 0) is 45.9 Å². The molecule has 0 amide bonds. The van der Waals surface area contributed by atoms with Gasteiger partial charge in [-0.15, -0.1) is 0 Å². The fourth-order valence-electron chi connectivity index (χ4n) is 2.75. The Kier molecular flexibility index (Phi) is 3.42. The summed E-state index contributed by atoms with van der Waals surface area (Å²) in [7, 11) is 4.52. The highest BCUT2D eigenvalue weighted by molar-refractivity contribution is 4.82. The summed E-state index contributed by atoms with van der Waals surface area (Å²) in [6, 6.07) is 0.793. The van der Waals surface area contributed by atoms with E-state index >= 15 is 0 Å². The zero-order valence-electron chi connectivity index (χ0n) is 9.50. The molecule has 82 valence electrons. The number of likely N-dealkylation sites (N-methyl/N-ethyl adjacent to an activating group) is 1. The van der Waals surface area contributed by atoms with Crippen molar-refractivity contribution in [3.63, 3.8) is 0 Å². The SMILES string of the molecule is CN1CCC(CN(C)C2CCNC2)C1. The molecule has 2 atom stereocenters. The van der Waals surface area contributed by atoms with Crippen molar-refractivity contribution in [2.24, 2.45) is 5.92 Å². The van der Waals surface area contributed by atoms with E-state index in [-0.39, 0.29) is 0 Å². The van der Waals surface area contributed by atoms with Gasteiger partial charge in [-0.2, -0.15) is 0 Å². The first-order valence-corrected chi connectivity index (χ1v) is 5.85. The van der Waals surface area contributed by atoms with Crippen LogP contribution in [0.25, 0.3) is 0 Å². The second-order valence-corrected chi connectivity index (χ2v) is 5.00. The van der Waals surface area contributed by atoms with Gasteiger partial charge in [-0.1, -0.05) is 0 Å². The summed E-state index contributed by atoms with van der Waals surface area (Å²) < 4.78 is 0. The van der Waals surface area contributed by atoms with Gasteiger partial charge in [0.15, 0.2) is 0 Å². The molecule has 2 aliphatic rings. The molecular weight excluding hydrogens is 174 g/mol. The van der Waals surface area contributed by atoms with Crippen molar-refractivity contribution in [1.82, 2.24) is 15.1 Å². The molecule has 0 bridgehead atoms. The van der Waals surface area contributed by atoms with Gasteiger partial charge in [0.25, 0.3) is 0 Å². The zero-order valence-corrected chi connectivity index (χ0v) is 9.50. The zero-order chi connectivity index (χ0) is 9.97. The quantitative estimate of drug-likeness (QED) is 0.699. The van der Waals surface area contributed by atoms with Crippen LogP contribution in [-0.4, -0.2) is 62.7 Å². The lowest BCUT2D eigenvalue weighted by Crippen LogP contribution is -2.37. The van der Waals surface area contributed by atoms with E-state index in [0.29, 0.717) is 0 Å². The molecule has 2 heterocycles. The Hall–Kier alpha value is -0.120. The van der Waals surface area contributed by atoms with Crippen molar-refractivity contribution in [1.29, 1.82) is 0 Å². The van der Waals surface area contributed by atoms with Crippen LogP contribution in [0, 0.1) is 5.92 Å². The van der Waals surface area contributed by atoms with Crippen molar-refractivity contribution in [2.75, 3.05) is 46.8 Å². The van der Waals surface area contributed by atoms with Gasteiger partial charge >= 0.3 is 0 Å². The fourth-order valence-corrected chi connectivity index (χ4v) is 2.75. The van der Waals surface area contributed by atoms with Gasteiger partial charge in [-0.25, -0.2) is 0 Å². The van der Waals surface area contributed by atoms with Crippen LogP contribution < -0.4 is 5.32 Å². The molecule has 2 aliphatic heterocycles. The molecule has 0 saturated carbocycles. The number of likely N-dealkylation sites (tertiary alicyclic amines) is 1. The molecular formula is C11H23N3. The van der Waals surface area contributed by atoms with Gasteiger partial charge < -0.3 is 15.1 Å². The van der Waals surface area contributed by atoms with Crippen LogP contribution in [0.15, 0.2) is 0 Å². The molecule has 2 saturated heterocycles. The minimum absolute atomic E-state index is 0.793. The van der Waals surface area contributed by atoms with E-state index in [0.717, 1.165) is 12.0 Å². The highest BCUT2D eigenvalue weighted by Crippen LogP contribution is 2.17. The topological polar surface area (TPSA) is 18.5 Å². The van der Waals surface area contributed by atoms with Gasteiger partial charge in [0.2, 0.25) is 0 Å². The molecule has 3 nitrogen and oxygen atoms in total. The molecule has 0 aliphatic carbocycles. The van der Waals surface area contributed by atoms with Crippen LogP contribution in [0.1, 0.15) is 12.8 Å². The molecule has 0 aromatic rings. The maximum atomic E-state index is 3.43.